The number of carboxylic acids is 1. The number of ether oxygens (including phenoxy) is 1. The predicted molar refractivity (Wildman–Crippen MR) is 75.3 cm³/mol. The van der Waals surface area contributed by atoms with Crippen molar-refractivity contribution < 1.29 is 19.4 Å². The average molecular weight is 279 g/mol. The quantitative estimate of drug-likeness (QED) is 0.713. The second kappa shape index (κ2) is 7.65. The van der Waals surface area contributed by atoms with Crippen LogP contribution in [0.4, 0.5) is 0 Å². The number of methoxy groups -OCH3 is 1. The molecule has 1 amide bonds. The average Bonchev–Trinajstić information content (AvgIpc) is 2.46. The number of nitrogens with one attached hydrogen (secondary N) is 1. The normalized spacial score (nSPS) is 13.5. The molecule has 0 saturated carbocycles. The molecule has 0 heterocycles. The summed E-state index contributed by atoms with van der Waals surface area (Å²) in [6.07, 6.45) is 1.30. The van der Waals surface area contributed by atoms with Crippen LogP contribution in [0.1, 0.15) is 31.7 Å². The Hall–Kier alpha value is -1.88. The van der Waals surface area contributed by atoms with E-state index in [4.69, 9.17) is 9.84 Å². The van der Waals surface area contributed by atoms with E-state index < -0.39 is 11.6 Å². The summed E-state index contributed by atoms with van der Waals surface area (Å²) >= 11 is 0. The molecule has 1 aromatic carbocycles. The van der Waals surface area contributed by atoms with Gasteiger partial charge in [-0.25, -0.2) is 0 Å². The molecule has 0 bridgehead atoms. The molecule has 0 aliphatic rings. The first-order valence-corrected chi connectivity index (χ1v) is 6.61. The van der Waals surface area contributed by atoms with E-state index in [1.54, 1.807) is 6.92 Å². The van der Waals surface area contributed by atoms with Crippen LogP contribution in [0.2, 0.25) is 0 Å². The second-order valence-corrected chi connectivity index (χ2v) is 4.71. The van der Waals surface area contributed by atoms with Gasteiger partial charge in [-0.05, 0) is 25.3 Å². The van der Waals surface area contributed by atoms with Crippen molar-refractivity contribution in [3.05, 3.63) is 35.9 Å². The molecule has 0 saturated heterocycles. The lowest BCUT2D eigenvalue weighted by atomic mass is 9.94. The van der Waals surface area contributed by atoms with Crippen molar-refractivity contribution in [3.63, 3.8) is 0 Å². The Kier molecular flexibility index (Phi) is 6.18. The molecule has 0 radical (unpaired) electrons. The van der Waals surface area contributed by atoms with E-state index in [1.165, 1.54) is 7.11 Å². The third-order valence-electron chi connectivity index (χ3n) is 3.27. The van der Waals surface area contributed by atoms with Crippen LogP contribution in [0, 0.1) is 0 Å². The van der Waals surface area contributed by atoms with E-state index in [0.717, 1.165) is 5.56 Å². The maximum atomic E-state index is 12.2. The van der Waals surface area contributed by atoms with E-state index in [1.807, 2.05) is 30.3 Å². The number of hydrogen-bond acceptors (Lipinski definition) is 3. The Balaban J connectivity index is 2.53. The van der Waals surface area contributed by atoms with Gasteiger partial charge in [-0.3, -0.25) is 9.59 Å². The third-order valence-corrected chi connectivity index (χ3v) is 3.27. The monoisotopic (exact) mass is 279 g/mol. The van der Waals surface area contributed by atoms with Crippen molar-refractivity contribution in [1.82, 2.24) is 5.32 Å². The van der Waals surface area contributed by atoms with Crippen LogP contribution in [-0.4, -0.2) is 30.6 Å². The zero-order chi connectivity index (χ0) is 15.0. The maximum Gasteiger partial charge on any atom is 0.303 e. The van der Waals surface area contributed by atoms with Crippen LogP contribution in [0.25, 0.3) is 0 Å². The highest BCUT2D eigenvalue weighted by molar-refractivity contribution is 5.86. The van der Waals surface area contributed by atoms with Gasteiger partial charge >= 0.3 is 5.97 Å². The molecular weight excluding hydrogens is 258 g/mol. The van der Waals surface area contributed by atoms with Crippen molar-refractivity contribution in [2.75, 3.05) is 13.7 Å². The summed E-state index contributed by atoms with van der Waals surface area (Å²) in [7, 11) is 1.50. The van der Waals surface area contributed by atoms with Gasteiger partial charge in [0.25, 0.3) is 5.91 Å². The Morgan fingerprint density at radius 1 is 1.25 bits per heavy atom. The summed E-state index contributed by atoms with van der Waals surface area (Å²) < 4.78 is 5.37. The van der Waals surface area contributed by atoms with Crippen LogP contribution in [0.15, 0.2) is 30.3 Å². The summed E-state index contributed by atoms with van der Waals surface area (Å²) in [5, 5.41) is 11.3. The number of rotatable bonds is 8. The van der Waals surface area contributed by atoms with Gasteiger partial charge in [-0.2, -0.15) is 0 Å². The summed E-state index contributed by atoms with van der Waals surface area (Å²) in [6, 6.07) is 9.27. The number of carbonyl (C=O) groups excluding carboxylic acids is 1. The molecule has 0 aliphatic carbocycles. The number of carboxylic acid groups (broad SMARTS) is 1. The van der Waals surface area contributed by atoms with Crippen LogP contribution in [0.5, 0.6) is 0 Å². The Labute approximate surface area is 118 Å². The summed E-state index contributed by atoms with van der Waals surface area (Å²) in [4.78, 5) is 22.6. The molecule has 20 heavy (non-hydrogen) atoms. The number of unbranched alkanes of at least 4 members (excludes halogenated alkanes) is 1. The Morgan fingerprint density at radius 2 is 1.90 bits per heavy atom. The number of benzene rings is 1. The smallest absolute Gasteiger partial charge is 0.303 e. The fourth-order valence-corrected chi connectivity index (χ4v) is 1.87. The highest BCUT2D eigenvalue weighted by atomic mass is 16.5. The van der Waals surface area contributed by atoms with Crippen LogP contribution < -0.4 is 5.32 Å². The number of carbonyl (C=O) groups is 2. The van der Waals surface area contributed by atoms with E-state index >= 15 is 0 Å². The van der Waals surface area contributed by atoms with E-state index in [-0.39, 0.29) is 12.3 Å². The van der Waals surface area contributed by atoms with Gasteiger partial charge < -0.3 is 15.2 Å². The first kappa shape index (κ1) is 16.2. The Bertz CT molecular complexity index is 446. The molecule has 110 valence electrons. The predicted octanol–water partition coefficient (Wildman–Crippen LogP) is 1.92. The molecule has 0 fully saturated rings. The molecule has 0 aromatic heterocycles. The summed E-state index contributed by atoms with van der Waals surface area (Å²) in [5.41, 5.74) is -0.251. The molecule has 5 heteroatoms. The third kappa shape index (κ3) is 4.35. The number of aliphatic carboxylic acids is 1. The van der Waals surface area contributed by atoms with Crippen molar-refractivity contribution in [3.8, 4) is 0 Å². The zero-order valence-corrected chi connectivity index (χ0v) is 11.9. The van der Waals surface area contributed by atoms with Gasteiger partial charge in [0.2, 0.25) is 0 Å². The van der Waals surface area contributed by atoms with Crippen molar-refractivity contribution in [1.29, 1.82) is 0 Å². The lowest BCUT2D eigenvalue weighted by molar-refractivity contribution is -0.142. The minimum absolute atomic E-state index is 0.121. The van der Waals surface area contributed by atoms with E-state index in [9.17, 15) is 9.59 Å². The topological polar surface area (TPSA) is 75.6 Å². The lowest BCUT2D eigenvalue weighted by Crippen LogP contribution is -2.44. The second-order valence-electron chi connectivity index (χ2n) is 4.71. The van der Waals surface area contributed by atoms with Crippen molar-refractivity contribution in [2.24, 2.45) is 0 Å². The molecule has 1 aromatic rings. The molecule has 1 atom stereocenters. The molecule has 0 aliphatic heterocycles. The summed E-state index contributed by atoms with van der Waals surface area (Å²) in [6.45, 7) is 2.16. The molecule has 5 nitrogen and oxygen atoms in total. The highest BCUT2D eigenvalue weighted by Gasteiger charge is 2.34. The van der Waals surface area contributed by atoms with Gasteiger partial charge in [-0.1, -0.05) is 30.3 Å². The fraction of sp³-hybridized carbons (Fsp3) is 0.467. The Morgan fingerprint density at radius 3 is 2.45 bits per heavy atom. The first-order valence-electron chi connectivity index (χ1n) is 6.61. The highest BCUT2D eigenvalue weighted by Crippen LogP contribution is 2.24. The summed E-state index contributed by atoms with van der Waals surface area (Å²) in [5.74, 6) is -1.04. The molecule has 1 rings (SSSR count). The van der Waals surface area contributed by atoms with Crippen LogP contribution >= 0.6 is 0 Å². The minimum atomic E-state index is -1.03. The fourth-order valence-electron chi connectivity index (χ4n) is 1.87. The zero-order valence-electron chi connectivity index (χ0n) is 11.9. The van der Waals surface area contributed by atoms with Crippen LogP contribution in [-0.2, 0) is 19.9 Å². The molecule has 0 spiro atoms. The first-order chi connectivity index (χ1) is 9.50. The minimum Gasteiger partial charge on any atom is -0.481 e. The molecule has 1 unspecified atom stereocenters. The van der Waals surface area contributed by atoms with Gasteiger partial charge in [0.1, 0.15) is 0 Å². The van der Waals surface area contributed by atoms with Crippen molar-refractivity contribution in [2.45, 2.75) is 31.8 Å². The van der Waals surface area contributed by atoms with Crippen LogP contribution in [0.3, 0.4) is 0 Å². The molecular formula is C15H21NO4. The number of hydrogen-bond donors (Lipinski definition) is 2. The molecule has 2 N–H and O–H groups in total. The lowest BCUT2D eigenvalue weighted by Gasteiger charge is -2.27. The van der Waals surface area contributed by atoms with E-state index in [0.29, 0.717) is 19.4 Å². The van der Waals surface area contributed by atoms with Gasteiger partial charge in [-0.15, -0.1) is 0 Å². The van der Waals surface area contributed by atoms with Gasteiger partial charge in [0.05, 0.1) is 0 Å². The standard InChI is InChI=1S/C15H21NO4/c1-15(20-2,12-8-4-3-5-9-12)14(19)16-11-7-6-10-13(17)18/h3-5,8-9H,6-7,10-11H2,1-2H3,(H,16,19)(H,17,18). The van der Waals surface area contributed by atoms with Crippen molar-refractivity contribution >= 4 is 11.9 Å². The van der Waals surface area contributed by atoms with Gasteiger partial charge in [0, 0.05) is 20.1 Å². The van der Waals surface area contributed by atoms with Gasteiger partial charge in [0.15, 0.2) is 5.60 Å². The number of amides is 1. The SMILES string of the molecule is COC(C)(C(=O)NCCCCC(=O)O)c1ccccc1. The maximum absolute atomic E-state index is 12.2. The van der Waals surface area contributed by atoms with E-state index in [2.05, 4.69) is 5.32 Å². The largest absolute Gasteiger partial charge is 0.481 e.